The summed E-state index contributed by atoms with van der Waals surface area (Å²) in [5.74, 6) is 4.75. The summed E-state index contributed by atoms with van der Waals surface area (Å²) in [6.45, 7) is 41.9. The zero-order valence-corrected chi connectivity index (χ0v) is 36.9. The van der Waals surface area contributed by atoms with Crippen LogP contribution in [0.3, 0.4) is 0 Å². The van der Waals surface area contributed by atoms with Crippen molar-refractivity contribution < 1.29 is 0 Å². The molecule has 6 atom stereocenters. The molecule has 0 spiro atoms. The summed E-state index contributed by atoms with van der Waals surface area (Å²) >= 11 is 0. The van der Waals surface area contributed by atoms with Crippen LogP contribution in [-0.4, -0.2) is 7.28 Å². The van der Waals surface area contributed by atoms with Gasteiger partial charge >= 0.3 is 0 Å². The van der Waals surface area contributed by atoms with Crippen molar-refractivity contribution in [1.82, 2.24) is 0 Å². The molecule has 0 aromatic carbocycles. The molecule has 0 bridgehead atoms. The van der Waals surface area contributed by atoms with Crippen LogP contribution >= 0.6 is 0 Å². The molecule has 0 rings (SSSR count). The third-order valence-corrected chi connectivity index (χ3v) is 12.4. The van der Waals surface area contributed by atoms with Crippen LogP contribution in [0.4, 0.5) is 0 Å². The fraction of sp³-hybridized carbons (Fsp3) is 0.878. The van der Waals surface area contributed by atoms with Gasteiger partial charge in [-0.25, -0.2) is 0 Å². The maximum atomic E-state index is 4.83. The number of hydrogen-bond donors (Lipinski definition) is 0. The zero-order valence-electron chi connectivity index (χ0n) is 36.9. The molecule has 0 aromatic rings. The molecule has 6 unspecified atom stereocenters. The highest BCUT2D eigenvalue weighted by atomic mass is 14.3. The molecule has 1 radical (unpaired) electrons. The van der Waals surface area contributed by atoms with Gasteiger partial charge in [0.2, 0.25) is 0 Å². The number of rotatable bonds is 33. The number of unbranched alkanes of at least 4 members (excludes halogenated alkanes) is 5. The lowest BCUT2D eigenvalue weighted by Gasteiger charge is -2.33. The van der Waals surface area contributed by atoms with E-state index >= 15 is 0 Å². The van der Waals surface area contributed by atoms with Crippen molar-refractivity contribution in [2.75, 3.05) is 0 Å². The predicted octanol–water partition coefficient (Wildman–Crippen LogP) is 17.4. The van der Waals surface area contributed by atoms with Crippen LogP contribution < -0.4 is 0 Å². The number of hydrogen-bond acceptors (Lipinski definition) is 0. The second-order valence-corrected chi connectivity index (χ2v) is 19.9. The molecule has 0 aliphatic heterocycles. The average molecular weight is 694 g/mol. The lowest BCUT2D eigenvalue weighted by atomic mass is 9.55. The van der Waals surface area contributed by atoms with Gasteiger partial charge in [0.1, 0.15) is 7.28 Å². The van der Waals surface area contributed by atoms with Crippen molar-refractivity contribution in [3.8, 4) is 0 Å². The maximum absolute atomic E-state index is 4.83. The molecule has 0 N–H and O–H groups in total. The van der Waals surface area contributed by atoms with E-state index in [0.29, 0.717) is 5.41 Å². The molecule has 293 valence electrons. The van der Waals surface area contributed by atoms with Gasteiger partial charge in [-0.2, -0.15) is 0 Å². The molecule has 0 saturated heterocycles. The standard InChI is InChI=1S/C49H94B/c1-16-43(9)45(11)50-38-42(8)31-32-44(10)49(15,35-23-18-20-28-47(37-41(6)7)30-25-26-39(2)3)34-22-17-19-27-46(36-40(4)5)29-21-24-33-48(12,13)14/h39,42-43,45-47H,4,6,10,16-38H2,1-3,5,7-9,11-15H3. The third-order valence-electron chi connectivity index (χ3n) is 12.4. The first-order valence-corrected chi connectivity index (χ1v) is 22.2. The molecule has 0 fully saturated rings. The minimum Gasteiger partial charge on any atom is -0.100 e. The van der Waals surface area contributed by atoms with E-state index in [-0.39, 0.29) is 5.41 Å². The molecule has 50 heavy (non-hydrogen) atoms. The van der Waals surface area contributed by atoms with Crippen molar-refractivity contribution in [2.45, 2.75) is 236 Å². The van der Waals surface area contributed by atoms with E-state index in [1.165, 1.54) is 159 Å². The van der Waals surface area contributed by atoms with Crippen molar-refractivity contribution in [2.24, 2.45) is 40.4 Å². The van der Waals surface area contributed by atoms with E-state index < -0.39 is 0 Å². The van der Waals surface area contributed by atoms with Crippen molar-refractivity contribution in [3.05, 3.63) is 36.5 Å². The second kappa shape index (κ2) is 27.8. The van der Waals surface area contributed by atoms with Crippen molar-refractivity contribution >= 4 is 7.28 Å². The summed E-state index contributed by atoms with van der Waals surface area (Å²) in [5.41, 5.74) is 5.04. The topological polar surface area (TPSA) is 0 Å². The summed E-state index contributed by atoms with van der Waals surface area (Å²) in [6.07, 6.45) is 30.7. The number of allylic oxidation sites excluding steroid dienone is 3. The van der Waals surface area contributed by atoms with Gasteiger partial charge in [-0.1, -0.05) is 207 Å². The Balaban J connectivity index is 5.16. The maximum Gasteiger partial charge on any atom is 0.113 e. The van der Waals surface area contributed by atoms with E-state index in [9.17, 15) is 0 Å². The van der Waals surface area contributed by atoms with Crippen LogP contribution in [-0.2, 0) is 0 Å². The van der Waals surface area contributed by atoms with Gasteiger partial charge in [-0.3, -0.25) is 0 Å². The summed E-state index contributed by atoms with van der Waals surface area (Å²) in [6, 6.07) is 0. The fourth-order valence-electron chi connectivity index (χ4n) is 8.21. The molecule has 0 saturated carbocycles. The average Bonchev–Trinajstić information content (AvgIpc) is 3.02. The SMILES string of the molecule is C=C(C)CC(CCCCCC(C)(CCCCCC(CCCC(C)C)CC(=C)C)C(=C)CCC(C)C[B]C(C)C(C)CC)CCCCC(C)(C)C. The molecule has 0 aromatic heterocycles. The van der Waals surface area contributed by atoms with E-state index in [2.05, 4.69) is 104 Å². The van der Waals surface area contributed by atoms with Crippen LogP contribution in [0.15, 0.2) is 36.5 Å². The zero-order chi connectivity index (χ0) is 38.2. The highest BCUT2D eigenvalue weighted by molar-refractivity contribution is 6.37. The highest BCUT2D eigenvalue weighted by Crippen LogP contribution is 2.41. The Bertz CT molecular complexity index is 872. The van der Waals surface area contributed by atoms with E-state index in [4.69, 9.17) is 6.58 Å². The first-order valence-electron chi connectivity index (χ1n) is 22.2. The molecular weight excluding hydrogens is 599 g/mol. The largest absolute Gasteiger partial charge is 0.113 e. The minimum absolute atomic E-state index is 0.284. The lowest BCUT2D eigenvalue weighted by molar-refractivity contribution is 0.289. The van der Waals surface area contributed by atoms with Crippen LogP contribution in [0.1, 0.15) is 224 Å². The molecule has 0 aliphatic carbocycles. The monoisotopic (exact) mass is 694 g/mol. The first kappa shape index (κ1) is 49.3. The highest BCUT2D eigenvalue weighted by Gasteiger charge is 2.27. The van der Waals surface area contributed by atoms with E-state index in [0.717, 1.165) is 35.4 Å². The third kappa shape index (κ3) is 27.0. The molecule has 1 heteroatoms. The van der Waals surface area contributed by atoms with Gasteiger partial charge in [0.05, 0.1) is 0 Å². The van der Waals surface area contributed by atoms with Crippen molar-refractivity contribution in [3.63, 3.8) is 0 Å². The lowest BCUT2D eigenvalue weighted by Crippen LogP contribution is -2.20. The molecule has 0 heterocycles. The van der Waals surface area contributed by atoms with Gasteiger partial charge in [-0.15, -0.1) is 13.2 Å². The molecule has 0 aliphatic rings. The Labute approximate surface area is 319 Å². The Morgan fingerprint density at radius 2 is 1.04 bits per heavy atom. The Hall–Kier alpha value is -0.715. The van der Waals surface area contributed by atoms with Gasteiger partial charge < -0.3 is 0 Å². The van der Waals surface area contributed by atoms with Crippen LogP contribution in [0.2, 0.25) is 12.1 Å². The Morgan fingerprint density at radius 1 is 0.580 bits per heavy atom. The van der Waals surface area contributed by atoms with Gasteiger partial charge in [0, 0.05) is 0 Å². The van der Waals surface area contributed by atoms with E-state index in [1.54, 1.807) is 5.57 Å². The van der Waals surface area contributed by atoms with Crippen LogP contribution in [0.25, 0.3) is 0 Å². The first-order chi connectivity index (χ1) is 23.4. The smallest absolute Gasteiger partial charge is 0.100 e. The van der Waals surface area contributed by atoms with Gasteiger partial charge in [-0.05, 0) is 93.3 Å². The van der Waals surface area contributed by atoms with E-state index in [1.807, 2.05) is 0 Å². The summed E-state index contributed by atoms with van der Waals surface area (Å²) < 4.78 is 0. The molecule has 0 nitrogen and oxygen atoms in total. The predicted molar refractivity (Wildman–Crippen MR) is 234 cm³/mol. The summed E-state index contributed by atoms with van der Waals surface area (Å²) in [4.78, 5) is 0. The normalized spacial score (nSPS) is 16.4. The minimum atomic E-state index is 0.284. The van der Waals surface area contributed by atoms with Crippen LogP contribution in [0.5, 0.6) is 0 Å². The summed E-state index contributed by atoms with van der Waals surface area (Å²) in [7, 11) is 2.61. The fourth-order valence-corrected chi connectivity index (χ4v) is 8.21. The second-order valence-electron chi connectivity index (χ2n) is 19.9. The van der Waals surface area contributed by atoms with Crippen LogP contribution in [0, 0.1) is 40.4 Å². The molecule has 0 amide bonds. The Kier molecular flexibility index (Phi) is 27.4. The van der Waals surface area contributed by atoms with Gasteiger partial charge in [0.25, 0.3) is 0 Å². The summed E-state index contributed by atoms with van der Waals surface area (Å²) in [5, 5.41) is 0. The molecular formula is C49H94B. The Morgan fingerprint density at radius 3 is 1.48 bits per heavy atom. The van der Waals surface area contributed by atoms with Crippen molar-refractivity contribution in [1.29, 1.82) is 0 Å². The van der Waals surface area contributed by atoms with Gasteiger partial charge in [0.15, 0.2) is 0 Å². The quantitative estimate of drug-likeness (QED) is 0.0365.